The molecule has 3 aromatic rings. The first-order chi connectivity index (χ1) is 15.5. The Balaban J connectivity index is 1.69. The summed E-state index contributed by atoms with van der Waals surface area (Å²) < 4.78 is 50.5. The Labute approximate surface area is 191 Å². The molecular weight excluding hydrogens is 455 g/mol. The highest BCUT2D eigenvalue weighted by molar-refractivity contribution is 7.22. The largest absolute Gasteiger partial charge is 0.467 e. The third kappa shape index (κ3) is 3.35. The smallest absolute Gasteiger partial charge is 0.425 e. The van der Waals surface area contributed by atoms with Crippen LogP contribution in [0.1, 0.15) is 32.4 Å². The zero-order valence-corrected chi connectivity index (χ0v) is 18.6. The van der Waals surface area contributed by atoms with Crippen molar-refractivity contribution in [2.45, 2.75) is 44.9 Å². The molecule has 1 atom stereocenters. The summed E-state index contributed by atoms with van der Waals surface area (Å²) in [7, 11) is 0. The molecule has 0 unspecified atom stereocenters. The number of Topliss-reactive ketones (excluding diaryl/α,β-unsaturated/α-hetero) is 1. The lowest BCUT2D eigenvalue weighted by molar-refractivity contribution is -0.181. The van der Waals surface area contributed by atoms with E-state index in [0.29, 0.717) is 16.0 Å². The van der Waals surface area contributed by atoms with E-state index in [1.54, 1.807) is 50.2 Å². The Kier molecular flexibility index (Phi) is 4.72. The Morgan fingerprint density at radius 2 is 1.91 bits per heavy atom. The van der Waals surface area contributed by atoms with Gasteiger partial charge in [-0.05, 0) is 36.1 Å². The summed E-state index contributed by atoms with van der Waals surface area (Å²) in [6.07, 6.45) is -3.64. The molecule has 1 amide bonds. The summed E-state index contributed by atoms with van der Waals surface area (Å²) in [6.45, 7) is 3.41. The average Bonchev–Trinajstić information content (AvgIpc) is 3.41. The number of carbonyl (C=O) groups excluding carboxylic acids is 2. The summed E-state index contributed by atoms with van der Waals surface area (Å²) in [5, 5.41) is 2.30. The van der Waals surface area contributed by atoms with Gasteiger partial charge in [0.15, 0.2) is 10.9 Å². The topological polar surface area (TPSA) is 75.4 Å². The van der Waals surface area contributed by atoms with Gasteiger partial charge < -0.3 is 14.6 Å². The zero-order chi connectivity index (χ0) is 23.6. The highest BCUT2D eigenvalue weighted by atomic mass is 32.1. The Hall–Kier alpha value is -3.14. The number of fused-ring (bicyclic) bond motifs is 1. The SMILES string of the molecule is CC1(C)CC(=O)C2=C(C1)N(Cc1ccco1)C(=O)[C@]2(Nc1nc2ccccc2s1)C(F)(F)F. The molecule has 1 aliphatic carbocycles. The number of aromatic nitrogens is 1. The van der Waals surface area contributed by atoms with Crippen LogP contribution in [0.25, 0.3) is 10.2 Å². The van der Waals surface area contributed by atoms with Crippen molar-refractivity contribution in [2.75, 3.05) is 5.32 Å². The van der Waals surface area contributed by atoms with Crippen LogP contribution in [0, 0.1) is 5.41 Å². The molecule has 2 aromatic heterocycles. The van der Waals surface area contributed by atoms with Gasteiger partial charge in [-0.15, -0.1) is 0 Å². The number of nitrogens with one attached hydrogen (secondary N) is 1. The summed E-state index contributed by atoms with van der Waals surface area (Å²) in [6, 6.07) is 10.1. The normalized spacial score (nSPS) is 22.9. The molecule has 0 spiro atoms. The van der Waals surface area contributed by atoms with Crippen LogP contribution < -0.4 is 5.32 Å². The zero-order valence-electron chi connectivity index (χ0n) is 17.8. The fourth-order valence-corrected chi connectivity index (χ4v) is 5.56. The second-order valence-electron chi connectivity index (χ2n) is 9.09. The van der Waals surface area contributed by atoms with Gasteiger partial charge in [-0.3, -0.25) is 9.59 Å². The van der Waals surface area contributed by atoms with E-state index in [4.69, 9.17) is 4.42 Å². The lowest BCUT2D eigenvalue weighted by atomic mass is 9.72. The number of benzene rings is 1. The average molecular weight is 475 g/mol. The number of hydrogen-bond donors (Lipinski definition) is 1. The monoisotopic (exact) mass is 475 g/mol. The first kappa shape index (κ1) is 21.7. The molecule has 33 heavy (non-hydrogen) atoms. The Morgan fingerprint density at radius 1 is 1.15 bits per heavy atom. The molecule has 1 aliphatic heterocycles. The number of furan rings is 1. The second kappa shape index (κ2) is 7.18. The van der Waals surface area contributed by atoms with Crippen LogP contribution in [0.4, 0.5) is 18.3 Å². The number of thiazole rings is 1. The fourth-order valence-electron chi connectivity index (χ4n) is 4.64. The van der Waals surface area contributed by atoms with Crippen molar-refractivity contribution in [2.24, 2.45) is 5.41 Å². The van der Waals surface area contributed by atoms with Crippen LogP contribution in [0.15, 0.2) is 58.3 Å². The van der Waals surface area contributed by atoms with Gasteiger partial charge in [-0.25, -0.2) is 4.98 Å². The molecule has 172 valence electrons. The van der Waals surface area contributed by atoms with Gasteiger partial charge in [0.1, 0.15) is 5.76 Å². The third-order valence-corrected chi connectivity index (χ3v) is 6.98. The molecule has 1 N–H and O–H groups in total. The highest BCUT2D eigenvalue weighted by Gasteiger charge is 2.71. The van der Waals surface area contributed by atoms with E-state index in [2.05, 4.69) is 10.3 Å². The van der Waals surface area contributed by atoms with Crippen LogP contribution in [0.3, 0.4) is 0 Å². The number of allylic oxidation sites excluding steroid dienone is 1. The first-order valence-corrected chi connectivity index (χ1v) is 11.2. The predicted octanol–water partition coefficient (Wildman–Crippen LogP) is 5.29. The van der Waals surface area contributed by atoms with Crippen molar-refractivity contribution in [3.63, 3.8) is 0 Å². The maximum atomic E-state index is 14.9. The number of amides is 1. The van der Waals surface area contributed by atoms with Gasteiger partial charge in [0.25, 0.3) is 5.91 Å². The van der Waals surface area contributed by atoms with Gasteiger partial charge in [0.2, 0.25) is 5.54 Å². The quantitative estimate of drug-likeness (QED) is 0.555. The standard InChI is InChI=1S/C23H20F3N3O3S/c1-21(2)10-15-18(16(30)11-21)22(23(24,25)26,19(31)29(15)12-13-6-5-9-32-13)28-20-27-14-7-3-4-8-17(14)33-20/h3-9H,10-12H2,1-2H3,(H,27,28)/t22-/m0/s1. The molecule has 0 radical (unpaired) electrons. The van der Waals surface area contributed by atoms with Crippen LogP contribution in [-0.2, 0) is 16.1 Å². The molecule has 0 fully saturated rings. The number of anilines is 1. The number of nitrogens with zero attached hydrogens (tertiary/aromatic N) is 2. The van der Waals surface area contributed by atoms with E-state index in [-0.39, 0.29) is 30.2 Å². The number of ketones is 1. The maximum absolute atomic E-state index is 14.9. The summed E-state index contributed by atoms with van der Waals surface area (Å²) >= 11 is 1.00. The van der Waals surface area contributed by atoms with Gasteiger partial charge in [0, 0.05) is 12.1 Å². The minimum Gasteiger partial charge on any atom is -0.467 e. The molecular formula is C23H20F3N3O3S. The molecule has 0 saturated heterocycles. The van der Waals surface area contributed by atoms with E-state index in [1.807, 2.05) is 0 Å². The van der Waals surface area contributed by atoms with Crippen molar-refractivity contribution in [3.05, 3.63) is 59.7 Å². The molecule has 1 aromatic carbocycles. The van der Waals surface area contributed by atoms with Crippen molar-refractivity contribution >= 4 is 38.4 Å². The summed E-state index contributed by atoms with van der Waals surface area (Å²) in [5.41, 5.74) is -3.75. The predicted molar refractivity (Wildman–Crippen MR) is 116 cm³/mol. The summed E-state index contributed by atoms with van der Waals surface area (Å²) in [4.78, 5) is 32.1. The van der Waals surface area contributed by atoms with Crippen molar-refractivity contribution in [1.82, 2.24) is 9.88 Å². The van der Waals surface area contributed by atoms with Crippen LogP contribution >= 0.6 is 11.3 Å². The summed E-state index contributed by atoms with van der Waals surface area (Å²) in [5.74, 6) is -1.62. The van der Waals surface area contributed by atoms with Crippen molar-refractivity contribution in [3.8, 4) is 0 Å². The van der Waals surface area contributed by atoms with Crippen LogP contribution in [0.5, 0.6) is 0 Å². The lowest BCUT2D eigenvalue weighted by Gasteiger charge is -2.35. The van der Waals surface area contributed by atoms with E-state index >= 15 is 0 Å². The molecule has 3 heterocycles. The third-order valence-electron chi connectivity index (χ3n) is 6.03. The molecule has 10 heteroatoms. The minimum absolute atomic E-state index is 0.0776. The van der Waals surface area contributed by atoms with E-state index in [1.165, 1.54) is 6.26 Å². The molecule has 5 rings (SSSR count). The Morgan fingerprint density at radius 3 is 2.58 bits per heavy atom. The number of rotatable bonds is 4. The van der Waals surface area contributed by atoms with Gasteiger partial charge >= 0.3 is 6.18 Å². The van der Waals surface area contributed by atoms with Gasteiger partial charge in [-0.1, -0.05) is 37.3 Å². The first-order valence-electron chi connectivity index (χ1n) is 10.3. The molecule has 6 nitrogen and oxygen atoms in total. The molecule has 0 bridgehead atoms. The fraction of sp³-hybridized carbons (Fsp3) is 0.348. The highest BCUT2D eigenvalue weighted by Crippen LogP contribution is 2.53. The van der Waals surface area contributed by atoms with E-state index in [9.17, 15) is 22.8 Å². The van der Waals surface area contributed by atoms with Crippen LogP contribution in [-0.4, -0.2) is 33.3 Å². The second-order valence-corrected chi connectivity index (χ2v) is 10.1. The van der Waals surface area contributed by atoms with E-state index in [0.717, 1.165) is 16.2 Å². The van der Waals surface area contributed by atoms with Gasteiger partial charge in [0.05, 0.1) is 28.6 Å². The van der Waals surface area contributed by atoms with Crippen molar-refractivity contribution < 1.29 is 27.2 Å². The number of para-hydroxylation sites is 1. The number of halogens is 3. The van der Waals surface area contributed by atoms with Crippen LogP contribution in [0.2, 0.25) is 0 Å². The molecule has 0 saturated carbocycles. The number of alkyl halides is 3. The Bertz CT molecular complexity index is 1260. The number of carbonyl (C=O) groups is 2. The van der Waals surface area contributed by atoms with E-state index < -0.39 is 34.4 Å². The van der Waals surface area contributed by atoms with Crippen molar-refractivity contribution in [1.29, 1.82) is 0 Å². The minimum atomic E-state index is -5.09. The lowest BCUT2D eigenvalue weighted by Crippen LogP contribution is -2.60. The number of hydrogen-bond acceptors (Lipinski definition) is 6. The van der Waals surface area contributed by atoms with Gasteiger partial charge in [-0.2, -0.15) is 13.2 Å². The molecule has 2 aliphatic rings. The maximum Gasteiger partial charge on any atom is 0.425 e.